The van der Waals surface area contributed by atoms with Gasteiger partial charge in [-0.25, -0.2) is 0 Å². The van der Waals surface area contributed by atoms with Crippen LogP contribution in [0.2, 0.25) is 0 Å². The molecule has 0 aromatic heterocycles. The highest BCUT2D eigenvalue weighted by atomic mass is 79.9. The van der Waals surface area contributed by atoms with Crippen molar-refractivity contribution in [2.24, 2.45) is 5.92 Å². The van der Waals surface area contributed by atoms with Gasteiger partial charge in [-0.15, -0.1) is 0 Å². The largest absolute Gasteiger partial charge is 0.492 e. The van der Waals surface area contributed by atoms with Crippen molar-refractivity contribution in [1.29, 1.82) is 0 Å². The van der Waals surface area contributed by atoms with Gasteiger partial charge in [-0.1, -0.05) is 26.0 Å². The molecule has 166 valence electrons. The molecule has 0 radical (unpaired) electrons. The van der Waals surface area contributed by atoms with E-state index in [9.17, 15) is 9.59 Å². The van der Waals surface area contributed by atoms with E-state index in [0.717, 1.165) is 22.1 Å². The van der Waals surface area contributed by atoms with Gasteiger partial charge < -0.3 is 15.4 Å². The summed E-state index contributed by atoms with van der Waals surface area (Å²) in [5, 5.41) is 8.48. The highest BCUT2D eigenvalue weighted by molar-refractivity contribution is 9.10. The summed E-state index contributed by atoms with van der Waals surface area (Å²) < 4.78 is 6.47. The Hall–Kier alpha value is -2.45. The van der Waals surface area contributed by atoms with Crippen molar-refractivity contribution in [3.63, 3.8) is 0 Å². The molecule has 2 aromatic rings. The van der Waals surface area contributed by atoms with Crippen LogP contribution in [-0.2, 0) is 11.2 Å². The van der Waals surface area contributed by atoms with Crippen LogP contribution in [0.1, 0.15) is 42.6 Å². The predicted molar refractivity (Wildman–Crippen MR) is 132 cm³/mol. The third-order valence-corrected chi connectivity index (χ3v) is 5.33. The number of ether oxygens (including phenoxy) is 1. The summed E-state index contributed by atoms with van der Waals surface area (Å²) in [5.41, 5.74) is 2.27. The summed E-state index contributed by atoms with van der Waals surface area (Å²) in [6.45, 7) is 4.91. The summed E-state index contributed by atoms with van der Waals surface area (Å²) in [6, 6.07) is 12.7. The molecule has 0 bridgehead atoms. The van der Waals surface area contributed by atoms with Gasteiger partial charge in [0.1, 0.15) is 5.75 Å². The van der Waals surface area contributed by atoms with Gasteiger partial charge in [-0.3, -0.25) is 14.9 Å². The molecule has 0 fully saturated rings. The Morgan fingerprint density at radius 2 is 1.84 bits per heavy atom. The van der Waals surface area contributed by atoms with Crippen molar-refractivity contribution in [1.82, 2.24) is 10.6 Å². The first-order valence-corrected chi connectivity index (χ1v) is 11.3. The number of carbonyl (C=O) groups excluding carboxylic acids is 2. The fraction of sp³-hybridized carbons (Fsp3) is 0.348. The molecule has 2 amide bonds. The van der Waals surface area contributed by atoms with E-state index in [0.29, 0.717) is 36.7 Å². The van der Waals surface area contributed by atoms with E-state index < -0.39 is 0 Å². The molecule has 6 nitrogen and oxygen atoms in total. The van der Waals surface area contributed by atoms with Gasteiger partial charge in [0.15, 0.2) is 5.11 Å². The number of halogens is 1. The highest BCUT2D eigenvalue weighted by Crippen LogP contribution is 2.26. The number of amides is 2. The molecule has 0 aliphatic rings. The van der Waals surface area contributed by atoms with E-state index >= 15 is 0 Å². The summed E-state index contributed by atoms with van der Waals surface area (Å²) in [6.07, 6.45) is 2.06. The first-order chi connectivity index (χ1) is 14.8. The minimum absolute atomic E-state index is 0.00730. The molecule has 2 aromatic carbocycles. The third kappa shape index (κ3) is 8.67. The SMILES string of the molecule is CNC(=O)CCc1ccc(NC(=S)NC(=O)c2ccc(OCCC(C)C)c(Br)c2)cc1. The highest BCUT2D eigenvalue weighted by Gasteiger charge is 2.11. The lowest BCUT2D eigenvalue weighted by Crippen LogP contribution is -2.34. The number of thiocarbonyl (C=S) groups is 1. The second-order valence-electron chi connectivity index (χ2n) is 7.45. The zero-order valence-corrected chi connectivity index (χ0v) is 20.4. The fourth-order valence-corrected chi connectivity index (χ4v) is 3.34. The molecule has 31 heavy (non-hydrogen) atoms. The second kappa shape index (κ2) is 12.4. The molecule has 0 spiro atoms. The maximum Gasteiger partial charge on any atom is 0.257 e. The maximum atomic E-state index is 12.5. The van der Waals surface area contributed by atoms with Crippen LogP contribution in [0.15, 0.2) is 46.9 Å². The minimum Gasteiger partial charge on any atom is -0.492 e. The zero-order valence-electron chi connectivity index (χ0n) is 18.0. The fourth-order valence-electron chi connectivity index (χ4n) is 2.64. The standard InChI is InChI=1S/C23H28BrN3O3S/c1-15(2)12-13-30-20-10-7-17(14-19(20)24)22(29)27-23(31)26-18-8-4-16(5-9-18)6-11-21(28)25-3/h4-5,7-10,14-15H,6,11-13H2,1-3H3,(H,25,28)(H2,26,27,29,31). The van der Waals surface area contributed by atoms with Gasteiger partial charge >= 0.3 is 0 Å². The van der Waals surface area contributed by atoms with Crippen molar-refractivity contribution in [3.05, 3.63) is 58.1 Å². The molecule has 0 aliphatic heterocycles. The molecule has 0 atom stereocenters. The Bertz CT molecular complexity index is 917. The zero-order chi connectivity index (χ0) is 22.8. The van der Waals surface area contributed by atoms with Crippen LogP contribution in [-0.4, -0.2) is 30.6 Å². The Morgan fingerprint density at radius 1 is 1.13 bits per heavy atom. The van der Waals surface area contributed by atoms with Gasteiger partial charge in [-0.05, 0) is 82.8 Å². The van der Waals surface area contributed by atoms with Gasteiger partial charge in [0.05, 0.1) is 11.1 Å². The minimum atomic E-state index is -0.311. The lowest BCUT2D eigenvalue weighted by Gasteiger charge is -2.12. The monoisotopic (exact) mass is 505 g/mol. The number of nitrogens with one attached hydrogen (secondary N) is 3. The van der Waals surface area contributed by atoms with E-state index in [1.165, 1.54) is 0 Å². The van der Waals surface area contributed by atoms with Gasteiger partial charge in [0.2, 0.25) is 5.91 Å². The maximum absolute atomic E-state index is 12.5. The molecular weight excluding hydrogens is 478 g/mol. The normalized spacial score (nSPS) is 10.5. The number of anilines is 1. The average Bonchev–Trinajstić information content (AvgIpc) is 2.73. The quantitative estimate of drug-likeness (QED) is 0.431. The average molecular weight is 506 g/mol. The number of aryl methyl sites for hydroxylation is 1. The third-order valence-electron chi connectivity index (χ3n) is 4.51. The molecule has 0 heterocycles. The van der Waals surface area contributed by atoms with Gasteiger partial charge in [0, 0.05) is 24.7 Å². The van der Waals surface area contributed by atoms with Crippen molar-refractivity contribution in [2.45, 2.75) is 33.1 Å². The second-order valence-corrected chi connectivity index (χ2v) is 8.72. The Labute approximate surface area is 197 Å². The van der Waals surface area contributed by atoms with Crippen LogP contribution in [0.25, 0.3) is 0 Å². The van der Waals surface area contributed by atoms with E-state index in [2.05, 4.69) is 45.7 Å². The van der Waals surface area contributed by atoms with Crippen LogP contribution < -0.4 is 20.7 Å². The first-order valence-electron chi connectivity index (χ1n) is 10.1. The lowest BCUT2D eigenvalue weighted by atomic mass is 10.1. The van der Waals surface area contributed by atoms with Gasteiger partial charge in [0.25, 0.3) is 5.91 Å². The molecule has 0 aliphatic carbocycles. The predicted octanol–water partition coefficient (Wildman–Crippen LogP) is 4.68. The van der Waals surface area contributed by atoms with Crippen molar-refractivity contribution < 1.29 is 14.3 Å². The van der Waals surface area contributed by atoms with E-state index in [-0.39, 0.29) is 16.9 Å². The van der Waals surface area contributed by atoms with Gasteiger partial charge in [-0.2, -0.15) is 0 Å². The van der Waals surface area contributed by atoms with Crippen LogP contribution in [0.4, 0.5) is 5.69 Å². The summed E-state index contributed by atoms with van der Waals surface area (Å²) >= 11 is 8.71. The number of benzene rings is 2. The van der Waals surface area contributed by atoms with Crippen molar-refractivity contribution in [2.75, 3.05) is 19.0 Å². The Balaban J connectivity index is 1.87. The topological polar surface area (TPSA) is 79.5 Å². The van der Waals surface area contributed by atoms with Crippen LogP contribution in [0, 0.1) is 5.92 Å². The summed E-state index contributed by atoms with van der Waals surface area (Å²) in [7, 11) is 1.62. The first kappa shape index (κ1) is 24.8. The number of rotatable bonds is 9. The molecule has 8 heteroatoms. The van der Waals surface area contributed by atoms with Crippen LogP contribution in [0.3, 0.4) is 0 Å². The molecule has 2 rings (SSSR count). The number of hydrogen-bond donors (Lipinski definition) is 3. The van der Waals surface area contributed by atoms with Crippen molar-refractivity contribution >= 4 is 50.8 Å². The molecule has 0 unspecified atom stereocenters. The molecule has 0 saturated carbocycles. The molecule has 0 saturated heterocycles. The molecular formula is C23H28BrN3O3S. The Morgan fingerprint density at radius 3 is 2.45 bits per heavy atom. The van der Waals surface area contributed by atoms with E-state index in [4.69, 9.17) is 17.0 Å². The van der Waals surface area contributed by atoms with E-state index in [1.807, 2.05) is 24.3 Å². The number of carbonyl (C=O) groups is 2. The molecule has 3 N–H and O–H groups in total. The van der Waals surface area contributed by atoms with Crippen molar-refractivity contribution in [3.8, 4) is 5.75 Å². The smallest absolute Gasteiger partial charge is 0.257 e. The van der Waals surface area contributed by atoms with Crippen LogP contribution in [0.5, 0.6) is 5.75 Å². The lowest BCUT2D eigenvalue weighted by molar-refractivity contribution is -0.120. The Kier molecular flexibility index (Phi) is 9.94. The van der Waals surface area contributed by atoms with Crippen LogP contribution >= 0.6 is 28.1 Å². The summed E-state index contributed by atoms with van der Waals surface area (Å²) in [4.78, 5) is 23.8. The number of hydrogen-bond acceptors (Lipinski definition) is 4. The van der Waals surface area contributed by atoms with E-state index in [1.54, 1.807) is 25.2 Å². The summed E-state index contributed by atoms with van der Waals surface area (Å²) in [5.74, 6) is 0.965.